The smallest absolute Gasteiger partial charge is 0.144 e. The number of para-hydroxylation sites is 1. The van der Waals surface area contributed by atoms with Gasteiger partial charge in [-0.05, 0) is 36.8 Å². The van der Waals surface area contributed by atoms with Gasteiger partial charge in [0.25, 0.3) is 0 Å². The largest absolute Gasteiger partial charge is 0.491 e. The maximum atomic E-state index is 6.19. The first-order chi connectivity index (χ1) is 9.61. The lowest BCUT2D eigenvalue weighted by Crippen LogP contribution is -2.02. The second-order valence-electron chi connectivity index (χ2n) is 4.32. The van der Waals surface area contributed by atoms with Crippen molar-refractivity contribution in [3.8, 4) is 5.75 Å². The summed E-state index contributed by atoms with van der Waals surface area (Å²) in [5, 5.41) is 3.85. The fraction of sp³-hybridized carbons (Fsp3) is 0.200. The summed E-state index contributed by atoms with van der Waals surface area (Å²) >= 11 is 9.57. The molecule has 3 nitrogen and oxygen atoms in total. The second kappa shape index (κ2) is 6.86. The Morgan fingerprint density at radius 2 is 2.05 bits per heavy atom. The standard InChI is InChI=1S/C15H16BrClN2O/c1-2-8-20-14-5-3-4-13(15(14)18)19-12-7-6-10(16)9-11(12)17/h3-7,9,19H,2,8,18H2,1H3. The zero-order valence-electron chi connectivity index (χ0n) is 11.1. The monoisotopic (exact) mass is 354 g/mol. The Hall–Kier alpha value is -1.39. The van der Waals surface area contributed by atoms with E-state index in [1.165, 1.54) is 0 Å². The summed E-state index contributed by atoms with van der Waals surface area (Å²) in [6.07, 6.45) is 0.940. The van der Waals surface area contributed by atoms with E-state index in [0.29, 0.717) is 23.1 Å². The quantitative estimate of drug-likeness (QED) is 0.723. The van der Waals surface area contributed by atoms with E-state index in [1.807, 2.05) is 36.4 Å². The van der Waals surface area contributed by atoms with Crippen LogP contribution >= 0.6 is 27.5 Å². The van der Waals surface area contributed by atoms with Crippen LogP contribution in [0.2, 0.25) is 5.02 Å². The molecule has 5 heteroatoms. The molecule has 3 N–H and O–H groups in total. The van der Waals surface area contributed by atoms with Gasteiger partial charge in [0.05, 0.1) is 28.7 Å². The summed E-state index contributed by atoms with van der Waals surface area (Å²) in [4.78, 5) is 0. The number of nitrogen functional groups attached to an aromatic ring is 1. The Morgan fingerprint density at radius 3 is 2.75 bits per heavy atom. The minimum Gasteiger partial charge on any atom is -0.491 e. The third-order valence-electron chi connectivity index (χ3n) is 2.73. The Morgan fingerprint density at radius 1 is 1.25 bits per heavy atom. The van der Waals surface area contributed by atoms with Crippen LogP contribution in [-0.2, 0) is 0 Å². The van der Waals surface area contributed by atoms with Crippen molar-refractivity contribution in [2.45, 2.75) is 13.3 Å². The Bertz CT molecular complexity index is 604. The van der Waals surface area contributed by atoms with Crippen molar-refractivity contribution in [1.82, 2.24) is 0 Å². The van der Waals surface area contributed by atoms with Gasteiger partial charge in [-0.3, -0.25) is 0 Å². The van der Waals surface area contributed by atoms with Crippen molar-refractivity contribution in [3.05, 3.63) is 45.9 Å². The first-order valence-electron chi connectivity index (χ1n) is 6.35. The molecule has 0 spiro atoms. The highest BCUT2D eigenvalue weighted by Crippen LogP contribution is 2.34. The van der Waals surface area contributed by atoms with E-state index in [-0.39, 0.29) is 0 Å². The van der Waals surface area contributed by atoms with Crippen molar-refractivity contribution >= 4 is 44.6 Å². The summed E-state index contributed by atoms with van der Waals surface area (Å²) in [6, 6.07) is 11.3. The van der Waals surface area contributed by atoms with Gasteiger partial charge in [-0.25, -0.2) is 0 Å². The molecule has 0 saturated heterocycles. The number of nitrogens with one attached hydrogen (secondary N) is 1. The van der Waals surface area contributed by atoms with Gasteiger partial charge >= 0.3 is 0 Å². The number of anilines is 3. The lowest BCUT2D eigenvalue weighted by Gasteiger charge is -2.14. The molecule has 0 bridgehead atoms. The van der Waals surface area contributed by atoms with Crippen molar-refractivity contribution in [1.29, 1.82) is 0 Å². The first kappa shape index (κ1) is 15.0. The van der Waals surface area contributed by atoms with Crippen LogP contribution in [0.15, 0.2) is 40.9 Å². The molecule has 0 aliphatic heterocycles. The molecule has 0 saturated carbocycles. The third-order valence-corrected chi connectivity index (χ3v) is 3.53. The number of nitrogens with two attached hydrogens (primary N) is 1. The second-order valence-corrected chi connectivity index (χ2v) is 5.64. The van der Waals surface area contributed by atoms with Gasteiger partial charge in [0.2, 0.25) is 0 Å². The van der Waals surface area contributed by atoms with E-state index in [0.717, 1.165) is 22.3 Å². The first-order valence-corrected chi connectivity index (χ1v) is 7.52. The van der Waals surface area contributed by atoms with E-state index in [2.05, 4.69) is 28.2 Å². The van der Waals surface area contributed by atoms with Crippen molar-refractivity contribution in [2.75, 3.05) is 17.7 Å². The average Bonchev–Trinajstić information content (AvgIpc) is 2.42. The van der Waals surface area contributed by atoms with Crippen LogP contribution in [0.1, 0.15) is 13.3 Å². The molecule has 0 amide bonds. The van der Waals surface area contributed by atoms with Crippen LogP contribution in [0.4, 0.5) is 17.1 Å². The minimum atomic E-state index is 0.583. The maximum absolute atomic E-state index is 6.19. The Labute approximate surface area is 132 Å². The zero-order chi connectivity index (χ0) is 14.5. The molecule has 106 valence electrons. The van der Waals surface area contributed by atoms with Gasteiger partial charge in [0, 0.05) is 4.47 Å². The average molecular weight is 356 g/mol. The molecule has 2 aromatic carbocycles. The van der Waals surface area contributed by atoms with Crippen LogP contribution in [0.5, 0.6) is 5.75 Å². The van der Waals surface area contributed by atoms with Gasteiger partial charge in [0.15, 0.2) is 0 Å². The molecule has 0 unspecified atom stereocenters. The van der Waals surface area contributed by atoms with Crippen LogP contribution < -0.4 is 15.8 Å². The fourth-order valence-electron chi connectivity index (χ4n) is 1.73. The van der Waals surface area contributed by atoms with Gasteiger partial charge in [0.1, 0.15) is 5.75 Å². The summed E-state index contributed by atoms with van der Waals surface area (Å²) in [7, 11) is 0. The van der Waals surface area contributed by atoms with Crippen LogP contribution in [-0.4, -0.2) is 6.61 Å². The van der Waals surface area contributed by atoms with E-state index < -0.39 is 0 Å². The van der Waals surface area contributed by atoms with E-state index in [4.69, 9.17) is 22.1 Å². The van der Waals surface area contributed by atoms with Crippen molar-refractivity contribution in [3.63, 3.8) is 0 Å². The Kier molecular flexibility index (Phi) is 5.15. The predicted octanol–water partition coefficient (Wildman–Crippen LogP) is 5.22. The SMILES string of the molecule is CCCOc1cccc(Nc2ccc(Br)cc2Cl)c1N. The number of halogens is 2. The van der Waals surface area contributed by atoms with Crippen LogP contribution in [0.25, 0.3) is 0 Å². The molecule has 0 fully saturated rings. The van der Waals surface area contributed by atoms with Gasteiger partial charge < -0.3 is 15.8 Å². The Balaban J connectivity index is 2.24. The normalized spacial score (nSPS) is 10.3. The molecule has 0 aliphatic rings. The van der Waals surface area contributed by atoms with Crippen LogP contribution in [0.3, 0.4) is 0 Å². The molecular formula is C15H16BrClN2O. The maximum Gasteiger partial charge on any atom is 0.144 e. The number of hydrogen-bond acceptors (Lipinski definition) is 3. The summed E-state index contributed by atoms with van der Waals surface area (Å²) in [5.41, 5.74) is 8.28. The minimum absolute atomic E-state index is 0.583. The molecule has 2 aromatic rings. The number of rotatable bonds is 5. The summed E-state index contributed by atoms with van der Waals surface area (Å²) in [5.74, 6) is 0.685. The molecule has 2 rings (SSSR count). The number of benzene rings is 2. The number of hydrogen-bond donors (Lipinski definition) is 2. The highest BCUT2D eigenvalue weighted by Gasteiger charge is 2.08. The van der Waals surface area contributed by atoms with Gasteiger partial charge in [-0.15, -0.1) is 0 Å². The lowest BCUT2D eigenvalue weighted by molar-refractivity contribution is 0.319. The predicted molar refractivity (Wildman–Crippen MR) is 89.1 cm³/mol. The topological polar surface area (TPSA) is 47.3 Å². The molecule has 0 atom stereocenters. The van der Waals surface area contributed by atoms with Gasteiger partial charge in [-0.1, -0.05) is 40.5 Å². The highest BCUT2D eigenvalue weighted by molar-refractivity contribution is 9.10. The molecule has 0 heterocycles. The van der Waals surface area contributed by atoms with E-state index in [1.54, 1.807) is 0 Å². The fourth-order valence-corrected chi connectivity index (χ4v) is 2.45. The lowest BCUT2D eigenvalue weighted by atomic mass is 10.2. The number of ether oxygens (including phenoxy) is 1. The van der Waals surface area contributed by atoms with E-state index in [9.17, 15) is 0 Å². The molecule has 0 aromatic heterocycles. The van der Waals surface area contributed by atoms with Crippen LogP contribution in [0, 0.1) is 0 Å². The highest BCUT2D eigenvalue weighted by atomic mass is 79.9. The summed E-state index contributed by atoms with van der Waals surface area (Å²) in [6.45, 7) is 2.70. The molecule has 0 radical (unpaired) electrons. The summed E-state index contributed by atoms with van der Waals surface area (Å²) < 4.78 is 6.54. The van der Waals surface area contributed by atoms with Crippen molar-refractivity contribution in [2.24, 2.45) is 0 Å². The van der Waals surface area contributed by atoms with E-state index >= 15 is 0 Å². The molecule has 0 aliphatic carbocycles. The molecule has 20 heavy (non-hydrogen) atoms. The third kappa shape index (κ3) is 3.58. The molecular weight excluding hydrogens is 340 g/mol. The van der Waals surface area contributed by atoms with Crippen molar-refractivity contribution < 1.29 is 4.74 Å². The van der Waals surface area contributed by atoms with Gasteiger partial charge in [-0.2, -0.15) is 0 Å². The zero-order valence-corrected chi connectivity index (χ0v) is 13.5.